The van der Waals surface area contributed by atoms with Crippen molar-refractivity contribution in [2.24, 2.45) is 0 Å². The van der Waals surface area contributed by atoms with Gasteiger partial charge in [-0.05, 0) is 44.2 Å². The fourth-order valence-electron chi connectivity index (χ4n) is 1.92. The summed E-state index contributed by atoms with van der Waals surface area (Å²) >= 11 is 3.44. The highest BCUT2D eigenvalue weighted by atomic mass is 79.9. The van der Waals surface area contributed by atoms with Crippen LogP contribution in [-0.4, -0.2) is 6.54 Å². The number of hydrogen-bond acceptors (Lipinski definition) is 3. The van der Waals surface area contributed by atoms with Gasteiger partial charge in [0.15, 0.2) is 0 Å². The summed E-state index contributed by atoms with van der Waals surface area (Å²) in [5.41, 5.74) is 1.10. The lowest BCUT2D eigenvalue weighted by Crippen LogP contribution is -2.13. The van der Waals surface area contributed by atoms with Crippen LogP contribution in [0.5, 0.6) is 5.75 Å². The van der Waals surface area contributed by atoms with E-state index in [1.807, 2.05) is 31.2 Å². The standard InChI is InChI=1S/C16H20BrNO2/c1-3-7-18-10-16-8-13(12(2)20-16)11-19-15-6-4-5-14(17)9-15/h4-6,8-9,18H,3,7,10-11H2,1-2H3. The molecule has 0 aliphatic heterocycles. The van der Waals surface area contributed by atoms with Crippen molar-refractivity contribution in [2.45, 2.75) is 33.4 Å². The molecule has 1 aromatic heterocycles. The van der Waals surface area contributed by atoms with Gasteiger partial charge in [-0.1, -0.05) is 28.9 Å². The summed E-state index contributed by atoms with van der Waals surface area (Å²) in [7, 11) is 0. The summed E-state index contributed by atoms with van der Waals surface area (Å²) in [6, 6.07) is 9.91. The summed E-state index contributed by atoms with van der Waals surface area (Å²) in [5, 5.41) is 3.33. The fraction of sp³-hybridized carbons (Fsp3) is 0.375. The molecule has 0 aliphatic rings. The average molecular weight is 338 g/mol. The van der Waals surface area contributed by atoms with Crippen LogP contribution in [0.15, 0.2) is 39.2 Å². The Bertz CT molecular complexity index is 551. The largest absolute Gasteiger partial charge is 0.489 e. The minimum Gasteiger partial charge on any atom is -0.489 e. The van der Waals surface area contributed by atoms with Crippen LogP contribution in [0.2, 0.25) is 0 Å². The van der Waals surface area contributed by atoms with Crippen molar-refractivity contribution in [1.82, 2.24) is 5.32 Å². The van der Waals surface area contributed by atoms with Crippen LogP contribution in [0, 0.1) is 6.92 Å². The number of benzene rings is 1. The predicted octanol–water partition coefficient (Wildman–Crippen LogP) is 4.43. The highest BCUT2D eigenvalue weighted by Gasteiger charge is 2.08. The molecule has 2 rings (SSSR count). The number of furan rings is 1. The zero-order valence-corrected chi connectivity index (χ0v) is 13.5. The van der Waals surface area contributed by atoms with E-state index < -0.39 is 0 Å². The third-order valence-corrected chi connectivity index (χ3v) is 3.48. The zero-order valence-electron chi connectivity index (χ0n) is 11.9. The molecule has 0 unspecified atom stereocenters. The lowest BCUT2D eigenvalue weighted by molar-refractivity contribution is 0.303. The molecular weight excluding hydrogens is 318 g/mol. The SMILES string of the molecule is CCCNCc1cc(COc2cccc(Br)c2)c(C)o1. The molecule has 0 saturated carbocycles. The number of rotatable bonds is 7. The normalized spacial score (nSPS) is 10.8. The first-order valence-corrected chi connectivity index (χ1v) is 7.65. The Morgan fingerprint density at radius 1 is 1.30 bits per heavy atom. The van der Waals surface area contributed by atoms with Crippen molar-refractivity contribution in [3.05, 3.63) is 51.9 Å². The molecule has 0 atom stereocenters. The van der Waals surface area contributed by atoms with Crippen LogP contribution in [0.3, 0.4) is 0 Å². The summed E-state index contributed by atoms with van der Waals surface area (Å²) in [5.74, 6) is 2.74. The maximum Gasteiger partial charge on any atom is 0.120 e. The van der Waals surface area contributed by atoms with Crippen LogP contribution in [-0.2, 0) is 13.2 Å². The second-order valence-electron chi connectivity index (χ2n) is 4.72. The molecule has 2 aromatic rings. The second kappa shape index (κ2) is 7.50. The molecule has 0 fully saturated rings. The van der Waals surface area contributed by atoms with Gasteiger partial charge >= 0.3 is 0 Å². The summed E-state index contributed by atoms with van der Waals surface area (Å²) in [4.78, 5) is 0. The van der Waals surface area contributed by atoms with E-state index in [9.17, 15) is 0 Å². The molecule has 108 valence electrons. The van der Waals surface area contributed by atoms with Gasteiger partial charge in [0, 0.05) is 10.0 Å². The molecular formula is C16H20BrNO2. The van der Waals surface area contributed by atoms with Gasteiger partial charge in [-0.3, -0.25) is 0 Å². The van der Waals surface area contributed by atoms with Gasteiger partial charge in [-0.15, -0.1) is 0 Å². The Morgan fingerprint density at radius 2 is 2.15 bits per heavy atom. The van der Waals surface area contributed by atoms with Crippen molar-refractivity contribution in [2.75, 3.05) is 6.54 Å². The molecule has 0 saturated heterocycles. The number of aryl methyl sites for hydroxylation is 1. The van der Waals surface area contributed by atoms with Crippen molar-refractivity contribution < 1.29 is 9.15 Å². The maximum absolute atomic E-state index is 5.78. The van der Waals surface area contributed by atoms with Gasteiger partial charge in [0.2, 0.25) is 0 Å². The Balaban J connectivity index is 1.92. The molecule has 3 nitrogen and oxygen atoms in total. The molecule has 4 heteroatoms. The van der Waals surface area contributed by atoms with Gasteiger partial charge in [-0.2, -0.15) is 0 Å². The highest BCUT2D eigenvalue weighted by Crippen LogP contribution is 2.21. The first-order valence-electron chi connectivity index (χ1n) is 6.86. The Hall–Kier alpha value is -1.26. The fourth-order valence-corrected chi connectivity index (χ4v) is 2.30. The minimum absolute atomic E-state index is 0.527. The van der Waals surface area contributed by atoms with Crippen LogP contribution in [0.4, 0.5) is 0 Å². The van der Waals surface area contributed by atoms with Gasteiger partial charge < -0.3 is 14.5 Å². The van der Waals surface area contributed by atoms with Crippen LogP contribution in [0.25, 0.3) is 0 Å². The third kappa shape index (κ3) is 4.39. The Morgan fingerprint density at radius 3 is 2.90 bits per heavy atom. The minimum atomic E-state index is 0.527. The van der Waals surface area contributed by atoms with E-state index in [0.717, 1.165) is 46.8 Å². The molecule has 0 aliphatic carbocycles. The topological polar surface area (TPSA) is 34.4 Å². The maximum atomic E-state index is 5.78. The number of nitrogens with one attached hydrogen (secondary N) is 1. The van der Waals surface area contributed by atoms with Crippen LogP contribution < -0.4 is 10.1 Å². The first kappa shape index (κ1) is 15.1. The molecule has 20 heavy (non-hydrogen) atoms. The van der Waals surface area contributed by atoms with Crippen molar-refractivity contribution in [3.8, 4) is 5.75 Å². The van der Waals surface area contributed by atoms with E-state index >= 15 is 0 Å². The monoisotopic (exact) mass is 337 g/mol. The van der Waals surface area contributed by atoms with Crippen molar-refractivity contribution in [1.29, 1.82) is 0 Å². The molecule has 1 N–H and O–H groups in total. The quantitative estimate of drug-likeness (QED) is 0.759. The summed E-state index contributed by atoms with van der Waals surface area (Å²) in [6.45, 7) is 6.43. The molecule has 1 heterocycles. The third-order valence-electron chi connectivity index (χ3n) is 2.99. The van der Waals surface area contributed by atoms with E-state index in [4.69, 9.17) is 9.15 Å². The number of hydrogen-bond donors (Lipinski definition) is 1. The van der Waals surface area contributed by atoms with Gasteiger partial charge in [0.1, 0.15) is 23.9 Å². The van der Waals surface area contributed by atoms with Crippen molar-refractivity contribution in [3.63, 3.8) is 0 Å². The van der Waals surface area contributed by atoms with Crippen molar-refractivity contribution >= 4 is 15.9 Å². The zero-order chi connectivity index (χ0) is 14.4. The van der Waals surface area contributed by atoms with E-state index in [2.05, 4.69) is 34.2 Å². The summed E-state index contributed by atoms with van der Waals surface area (Å²) in [6.07, 6.45) is 1.12. The number of ether oxygens (including phenoxy) is 1. The first-order chi connectivity index (χ1) is 9.69. The lowest BCUT2D eigenvalue weighted by Gasteiger charge is -2.05. The smallest absolute Gasteiger partial charge is 0.120 e. The Kier molecular flexibility index (Phi) is 5.68. The highest BCUT2D eigenvalue weighted by molar-refractivity contribution is 9.10. The summed E-state index contributed by atoms with van der Waals surface area (Å²) < 4.78 is 12.5. The average Bonchev–Trinajstić information content (AvgIpc) is 2.77. The van der Waals surface area contributed by atoms with Gasteiger partial charge in [-0.25, -0.2) is 0 Å². The van der Waals surface area contributed by atoms with Gasteiger partial charge in [0.05, 0.1) is 6.54 Å². The molecule has 1 aromatic carbocycles. The molecule has 0 amide bonds. The van der Waals surface area contributed by atoms with E-state index in [-0.39, 0.29) is 0 Å². The second-order valence-corrected chi connectivity index (χ2v) is 5.63. The number of halogens is 1. The predicted molar refractivity (Wildman–Crippen MR) is 83.9 cm³/mol. The van der Waals surface area contributed by atoms with Crippen LogP contribution in [0.1, 0.15) is 30.4 Å². The molecule has 0 spiro atoms. The van der Waals surface area contributed by atoms with E-state index in [0.29, 0.717) is 6.61 Å². The molecule has 0 radical (unpaired) electrons. The lowest BCUT2D eigenvalue weighted by atomic mass is 10.2. The van der Waals surface area contributed by atoms with Gasteiger partial charge in [0.25, 0.3) is 0 Å². The van der Waals surface area contributed by atoms with E-state index in [1.54, 1.807) is 0 Å². The van der Waals surface area contributed by atoms with E-state index in [1.165, 1.54) is 0 Å². The van der Waals surface area contributed by atoms with Crippen LogP contribution >= 0.6 is 15.9 Å². The molecule has 0 bridgehead atoms. The Labute approximate surface area is 128 Å².